The molecule has 0 saturated carbocycles. The lowest BCUT2D eigenvalue weighted by Gasteiger charge is -2.24. The second-order valence-corrected chi connectivity index (χ2v) is 6.25. The molecule has 136 valence electrons. The Morgan fingerprint density at radius 3 is 2.38 bits per heavy atom. The van der Waals surface area contributed by atoms with Crippen molar-refractivity contribution in [3.8, 4) is 0 Å². The molecule has 0 bridgehead atoms. The molecule has 0 aliphatic rings. The van der Waals surface area contributed by atoms with Crippen LogP contribution in [-0.2, 0) is 11.4 Å². The van der Waals surface area contributed by atoms with Crippen LogP contribution in [0.4, 0.5) is 17.1 Å². The van der Waals surface area contributed by atoms with Gasteiger partial charge >= 0.3 is 0 Å². The second kappa shape index (κ2) is 8.59. The first-order chi connectivity index (χ1) is 12.7. The molecule has 0 atom stereocenters. The summed E-state index contributed by atoms with van der Waals surface area (Å²) < 4.78 is 0. The molecule has 26 heavy (non-hydrogen) atoms. The highest BCUT2D eigenvalue weighted by Gasteiger charge is 2.09. The fraction of sp³-hybridized carbons (Fsp3) is 0.273. The van der Waals surface area contributed by atoms with Crippen LogP contribution < -0.4 is 15.7 Å². The molecule has 3 aromatic carbocycles. The summed E-state index contributed by atoms with van der Waals surface area (Å²) in [6.45, 7) is 7.01. The Morgan fingerprint density at radius 2 is 1.65 bits per heavy atom. The Morgan fingerprint density at radius 1 is 0.885 bits per heavy atom. The third-order valence-electron chi connectivity index (χ3n) is 4.62. The summed E-state index contributed by atoms with van der Waals surface area (Å²) in [4.78, 5) is 7.48. The van der Waals surface area contributed by atoms with Gasteiger partial charge in [0.05, 0.1) is 18.5 Å². The van der Waals surface area contributed by atoms with E-state index in [-0.39, 0.29) is 0 Å². The van der Waals surface area contributed by atoms with Crippen molar-refractivity contribution in [3.63, 3.8) is 0 Å². The van der Waals surface area contributed by atoms with Gasteiger partial charge in [-0.3, -0.25) is 10.3 Å². The van der Waals surface area contributed by atoms with Crippen molar-refractivity contribution in [2.45, 2.75) is 20.4 Å². The van der Waals surface area contributed by atoms with E-state index in [2.05, 4.69) is 90.2 Å². The lowest BCUT2D eigenvalue weighted by Crippen LogP contribution is -2.23. The maximum atomic E-state index is 5.18. The van der Waals surface area contributed by atoms with Gasteiger partial charge in [0.15, 0.2) is 0 Å². The van der Waals surface area contributed by atoms with Gasteiger partial charge in [-0.1, -0.05) is 36.4 Å². The highest BCUT2D eigenvalue weighted by atomic mass is 16.6. The van der Waals surface area contributed by atoms with Crippen molar-refractivity contribution in [3.05, 3.63) is 66.2 Å². The maximum absolute atomic E-state index is 5.18. The molecular weight excluding hydrogens is 322 g/mol. The summed E-state index contributed by atoms with van der Waals surface area (Å²) in [6.07, 6.45) is 0. The SMILES string of the molecule is CCN(CC)c1ccc(CNc2ccc3ccccc3c2)cc1NOC. The Labute approximate surface area is 155 Å². The van der Waals surface area contributed by atoms with E-state index in [9.17, 15) is 0 Å². The zero-order valence-corrected chi connectivity index (χ0v) is 15.8. The molecule has 0 radical (unpaired) electrons. The van der Waals surface area contributed by atoms with Gasteiger partial charge in [0, 0.05) is 25.3 Å². The van der Waals surface area contributed by atoms with E-state index in [1.165, 1.54) is 16.3 Å². The summed E-state index contributed by atoms with van der Waals surface area (Å²) >= 11 is 0. The Kier molecular flexibility index (Phi) is 5.97. The van der Waals surface area contributed by atoms with E-state index in [1.807, 2.05) is 0 Å². The summed E-state index contributed by atoms with van der Waals surface area (Å²) in [5.41, 5.74) is 7.50. The van der Waals surface area contributed by atoms with Crippen molar-refractivity contribution in [1.29, 1.82) is 0 Å². The minimum absolute atomic E-state index is 0.759. The summed E-state index contributed by atoms with van der Waals surface area (Å²) in [5.74, 6) is 0. The van der Waals surface area contributed by atoms with Crippen LogP contribution >= 0.6 is 0 Å². The Hall–Kier alpha value is -2.72. The summed E-state index contributed by atoms with van der Waals surface area (Å²) in [6, 6.07) is 21.3. The van der Waals surface area contributed by atoms with E-state index in [1.54, 1.807) is 7.11 Å². The standard InChI is InChI=1S/C22H27N3O/c1-4-25(5-2)22-13-10-17(14-21(22)24-26-3)16-23-20-12-11-18-8-6-7-9-19(18)15-20/h6-15,23-24H,4-5,16H2,1-3H3. The molecule has 0 aliphatic carbocycles. The number of anilines is 3. The predicted octanol–water partition coefficient (Wildman–Crippen LogP) is 5.27. The Bertz CT molecular complexity index is 859. The first kappa shape index (κ1) is 18.1. The van der Waals surface area contributed by atoms with E-state index >= 15 is 0 Å². The van der Waals surface area contributed by atoms with Crippen LogP contribution in [0.2, 0.25) is 0 Å². The van der Waals surface area contributed by atoms with Gasteiger partial charge in [0.2, 0.25) is 0 Å². The highest BCUT2D eigenvalue weighted by Crippen LogP contribution is 2.28. The van der Waals surface area contributed by atoms with Crippen LogP contribution in [0.5, 0.6) is 0 Å². The minimum atomic E-state index is 0.759. The van der Waals surface area contributed by atoms with Crippen molar-refractivity contribution in [2.24, 2.45) is 0 Å². The number of hydrogen-bond donors (Lipinski definition) is 2. The molecule has 0 unspecified atom stereocenters. The number of nitrogens with zero attached hydrogens (tertiary/aromatic N) is 1. The summed E-state index contributed by atoms with van der Waals surface area (Å²) in [7, 11) is 1.64. The normalized spacial score (nSPS) is 10.7. The van der Waals surface area contributed by atoms with Gasteiger partial charge < -0.3 is 10.2 Å². The Balaban J connectivity index is 1.77. The molecule has 3 rings (SSSR count). The number of nitrogens with one attached hydrogen (secondary N) is 2. The van der Waals surface area contributed by atoms with Crippen LogP contribution in [0.1, 0.15) is 19.4 Å². The van der Waals surface area contributed by atoms with Gasteiger partial charge in [-0.15, -0.1) is 0 Å². The van der Waals surface area contributed by atoms with Gasteiger partial charge in [-0.25, -0.2) is 0 Å². The lowest BCUT2D eigenvalue weighted by atomic mass is 10.1. The fourth-order valence-corrected chi connectivity index (χ4v) is 3.23. The minimum Gasteiger partial charge on any atom is -0.381 e. The van der Waals surface area contributed by atoms with E-state index in [0.29, 0.717) is 0 Å². The van der Waals surface area contributed by atoms with Crippen molar-refractivity contribution in [2.75, 3.05) is 35.9 Å². The van der Waals surface area contributed by atoms with Gasteiger partial charge in [-0.2, -0.15) is 0 Å². The van der Waals surface area contributed by atoms with Crippen LogP contribution in [0.3, 0.4) is 0 Å². The third kappa shape index (κ3) is 4.09. The fourth-order valence-electron chi connectivity index (χ4n) is 3.23. The number of benzene rings is 3. The largest absolute Gasteiger partial charge is 0.381 e. The molecule has 0 aromatic heterocycles. The number of rotatable bonds is 8. The average Bonchev–Trinajstić information content (AvgIpc) is 2.68. The molecule has 0 aliphatic heterocycles. The molecule has 4 nitrogen and oxygen atoms in total. The molecule has 0 heterocycles. The zero-order valence-electron chi connectivity index (χ0n) is 15.8. The number of fused-ring (bicyclic) bond motifs is 1. The average molecular weight is 349 g/mol. The quantitative estimate of drug-likeness (QED) is 0.543. The van der Waals surface area contributed by atoms with Gasteiger partial charge in [0.1, 0.15) is 0 Å². The predicted molar refractivity (Wildman–Crippen MR) is 112 cm³/mol. The van der Waals surface area contributed by atoms with Crippen molar-refractivity contribution >= 4 is 27.8 Å². The summed E-state index contributed by atoms with van der Waals surface area (Å²) in [5, 5.41) is 6.02. The van der Waals surface area contributed by atoms with E-state index in [0.717, 1.165) is 36.7 Å². The first-order valence-electron chi connectivity index (χ1n) is 9.14. The molecular formula is C22H27N3O. The number of hydrogen-bond acceptors (Lipinski definition) is 4. The van der Waals surface area contributed by atoms with Crippen LogP contribution in [0.25, 0.3) is 10.8 Å². The van der Waals surface area contributed by atoms with E-state index < -0.39 is 0 Å². The molecule has 0 fully saturated rings. The molecule has 2 N–H and O–H groups in total. The van der Waals surface area contributed by atoms with Crippen molar-refractivity contribution < 1.29 is 4.84 Å². The molecule has 0 spiro atoms. The van der Waals surface area contributed by atoms with Crippen LogP contribution in [0, 0.1) is 0 Å². The highest BCUT2D eigenvalue weighted by molar-refractivity contribution is 5.85. The smallest absolute Gasteiger partial charge is 0.0841 e. The zero-order chi connectivity index (χ0) is 18.4. The maximum Gasteiger partial charge on any atom is 0.0841 e. The van der Waals surface area contributed by atoms with Gasteiger partial charge in [-0.05, 0) is 54.4 Å². The van der Waals surface area contributed by atoms with Crippen LogP contribution in [-0.4, -0.2) is 20.2 Å². The molecule has 3 aromatic rings. The molecule has 0 amide bonds. The molecule has 0 saturated heterocycles. The topological polar surface area (TPSA) is 36.5 Å². The monoisotopic (exact) mass is 349 g/mol. The lowest BCUT2D eigenvalue weighted by molar-refractivity contribution is 0.271. The van der Waals surface area contributed by atoms with Crippen molar-refractivity contribution in [1.82, 2.24) is 0 Å². The van der Waals surface area contributed by atoms with E-state index in [4.69, 9.17) is 4.84 Å². The third-order valence-corrected chi connectivity index (χ3v) is 4.62. The first-order valence-corrected chi connectivity index (χ1v) is 9.14. The second-order valence-electron chi connectivity index (χ2n) is 6.25. The molecule has 4 heteroatoms. The van der Waals surface area contributed by atoms with Gasteiger partial charge in [0.25, 0.3) is 0 Å². The van der Waals surface area contributed by atoms with Crippen LogP contribution in [0.15, 0.2) is 60.7 Å².